The molecule has 138 valence electrons. The number of likely N-dealkylation sites (N-methyl/N-ethyl adjacent to an activating group) is 1. The molecule has 3 rings (SSSR count). The Morgan fingerprint density at radius 2 is 1.59 bits per heavy atom. The van der Waals surface area contributed by atoms with Gasteiger partial charge >= 0.3 is 0 Å². The van der Waals surface area contributed by atoms with Gasteiger partial charge in [0.25, 0.3) is 5.91 Å². The molecule has 3 aromatic rings. The quantitative estimate of drug-likeness (QED) is 0.690. The van der Waals surface area contributed by atoms with Gasteiger partial charge in [-0.3, -0.25) is 4.79 Å². The predicted octanol–water partition coefficient (Wildman–Crippen LogP) is 3.53. The Bertz CT molecular complexity index is 894. The van der Waals surface area contributed by atoms with Crippen molar-refractivity contribution in [1.82, 2.24) is 0 Å². The zero-order valence-electron chi connectivity index (χ0n) is 15.6. The second kappa shape index (κ2) is 8.60. The molecule has 0 fully saturated rings. The molecule has 2 N–H and O–H groups in total. The summed E-state index contributed by atoms with van der Waals surface area (Å²) >= 11 is 0. The Labute approximate surface area is 159 Å². The number of hydrogen-bond donors (Lipinski definition) is 2. The molecule has 1 unspecified atom stereocenters. The third kappa shape index (κ3) is 4.80. The molecule has 4 heteroatoms. The molecule has 0 aliphatic heterocycles. The summed E-state index contributed by atoms with van der Waals surface area (Å²) in [5.41, 5.74) is 3.86. The minimum atomic E-state index is -0.251. The standard InChI is InChI=1S/C23H23FN2O/c1-17(26(2)16-18-12-14-20(24)15-13-18)23(27)25-22-11-7-6-10-21(22)19-8-4-3-5-9-19/h3-15,17H,16H2,1-2H3,(H,25,27)/p+1/t17-/m0/s1. The summed E-state index contributed by atoms with van der Waals surface area (Å²) in [6.07, 6.45) is 0. The third-order valence-corrected chi connectivity index (χ3v) is 4.80. The monoisotopic (exact) mass is 363 g/mol. The van der Waals surface area contributed by atoms with E-state index in [1.165, 1.54) is 12.1 Å². The molecule has 0 saturated carbocycles. The smallest absolute Gasteiger partial charge is 0.282 e. The van der Waals surface area contributed by atoms with E-state index in [1.807, 2.05) is 68.6 Å². The van der Waals surface area contributed by atoms with E-state index in [2.05, 4.69) is 5.32 Å². The lowest BCUT2D eigenvalue weighted by atomic mass is 10.0. The third-order valence-electron chi connectivity index (χ3n) is 4.80. The fourth-order valence-corrected chi connectivity index (χ4v) is 3.00. The lowest BCUT2D eigenvalue weighted by Crippen LogP contribution is -3.12. The zero-order chi connectivity index (χ0) is 19.2. The van der Waals surface area contributed by atoms with Gasteiger partial charge in [0.1, 0.15) is 12.4 Å². The minimum Gasteiger partial charge on any atom is -0.324 e. The molecule has 0 bridgehead atoms. The number of hydrogen-bond acceptors (Lipinski definition) is 1. The molecule has 1 amide bonds. The summed E-state index contributed by atoms with van der Waals surface area (Å²) in [4.78, 5) is 13.8. The van der Waals surface area contributed by atoms with Gasteiger partial charge in [0.15, 0.2) is 6.04 Å². The first-order valence-corrected chi connectivity index (χ1v) is 9.06. The normalized spacial score (nSPS) is 13.0. The van der Waals surface area contributed by atoms with E-state index in [-0.39, 0.29) is 17.8 Å². The van der Waals surface area contributed by atoms with E-state index in [4.69, 9.17) is 0 Å². The number of rotatable bonds is 6. The highest BCUT2D eigenvalue weighted by Crippen LogP contribution is 2.27. The molecule has 0 saturated heterocycles. The van der Waals surface area contributed by atoms with E-state index >= 15 is 0 Å². The summed E-state index contributed by atoms with van der Waals surface area (Å²) in [6, 6.07) is 24.0. The van der Waals surface area contributed by atoms with Crippen molar-refractivity contribution in [3.63, 3.8) is 0 Å². The predicted molar refractivity (Wildman–Crippen MR) is 107 cm³/mol. The first kappa shape index (κ1) is 18.8. The van der Waals surface area contributed by atoms with E-state index in [9.17, 15) is 9.18 Å². The maximum atomic E-state index is 13.1. The van der Waals surface area contributed by atoms with Crippen molar-refractivity contribution in [3.8, 4) is 11.1 Å². The summed E-state index contributed by atoms with van der Waals surface area (Å²) in [5, 5.41) is 3.06. The van der Waals surface area contributed by atoms with Crippen LogP contribution in [0.5, 0.6) is 0 Å². The van der Waals surface area contributed by atoms with Crippen LogP contribution in [-0.4, -0.2) is 19.0 Å². The van der Waals surface area contributed by atoms with Gasteiger partial charge in [-0.25, -0.2) is 4.39 Å². The Kier molecular flexibility index (Phi) is 5.99. The Morgan fingerprint density at radius 1 is 0.963 bits per heavy atom. The van der Waals surface area contributed by atoms with Crippen LogP contribution in [0.15, 0.2) is 78.9 Å². The second-order valence-electron chi connectivity index (χ2n) is 6.77. The number of carbonyl (C=O) groups excluding carboxylic acids is 1. The van der Waals surface area contributed by atoms with E-state index in [0.717, 1.165) is 27.3 Å². The van der Waals surface area contributed by atoms with E-state index in [0.29, 0.717) is 6.54 Å². The van der Waals surface area contributed by atoms with Gasteiger partial charge in [-0.15, -0.1) is 0 Å². The molecule has 2 atom stereocenters. The number of anilines is 1. The lowest BCUT2D eigenvalue weighted by Gasteiger charge is -2.22. The van der Waals surface area contributed by atoms with Crippen molar-refractivity contribution in [2.45, 2.75) is 19.5 Å². The van der Waals surface area contributed by atoms with Gasteiger partial charge in [-0.05, 0) is 30.7 Å². The molecule has 0 aliphatic carbocycles. The van der Waals surface area contributed by atoms with E-state index < -0.39 is 0 Å². The van der Waals surface area contributed by atoms with Crippen LogP contribution in [0, 0.1) is 5.82 Å². The number of amides is 1. The van der Waals surface area contributed by atoms with Gasteiger partial charge in [0.2, 0.25) is 0 Å². The largest absolute Gasteiger partial charge is 0.324 e. The Morgan fingerprint density at radius 3 is 2.30 bits per heavy atom. The number of halogens is 1. The highest BCUT2D eigenvalue weighted by atomic mass is 19.1. The Hall–Kier alpha value is -2.98. The molecule has 0 aliphatic rings. The lowest BCUT2D eigenvalue weighted by molar-refractivity contribution is -0.907. The molecule has 0 spiro atoms. The molecule has 0 aromatic heterocycles. The van der Waals surface area contributed by atoms with Crippen LogP contribution in [0.25, 0.3) is 11.1 Å². The van der Waals surface area contributed by atoms with Crippen molar-refractivity contribution in [2.24, 2.45) is 0 Å². The number of carbonyl (C=O) groups is 1. The average molecular weight is 363 g/mol. The van der Waals surface area contributed by atoms with Crippen LogP contribution in [0.3, 0.4) is 0 Å². The molecular formula is C23H24FN2O+. The van der Waals surface area contributed by atoms with Crippen LogP contribution in [0.2, 0.25) is 0 Å². The van der Waals surface area contributed by atoms with Gasteiger partial charge < -0.3 is 10.2 Å². The van der Waals surface area contributed by atoms with Crippen LogP contribution in [0.4, 0.5) is 10.1 Å². The molecule has 0 heterocycles. The molecule has 0 radical (unpaired) electrons. The summed E-state index contributed by atoms with van der Waals surface area (Å²) in [7, 11) is 1.97. The number of quaternary nitrogens is 1. The zero-order valence-corrected chi connectivity index (χ0v) is 15.6. The molecule has 3 nitrogen and oxygen atoms in total. The van der Waals surface area contributed by atoms with E-state index in [1.54, 1.807) is 12.1 Å². The number of nitrogens with one attached hydrogen (secondary N) is 2. The first-order chi connectivity index (χ1) is 13.0. The topological polar surface area (TPSA) is 33.5 Å². The molecule has 27 heavy (non-hydrogen) atoms. The minimum absolute atomic E-state index is 0.0435. The fraction of sp³-hybridized carbons (Fsp3) is 0.174. The SMILES string of the molecule is C[C@@H](C(=O)Nc1ccccc1-c1ccccc1)[NH+](C)Cc1ccc(F)cc1. The molecular weight excluding hydrogens is 339 g/mol. The maximum Gasteiger partial charge on any atom is 0.282 e. The average Bonchev–Trinajstić information content (AvgIpc) is 2.70. The fourth-order valence-electron chi connectivity index (χ4n) is 3.00. The van der Waals surface area contributed by atoms with Crippen molar-refractivity contribution >= 4 is 11.6 Å². The van der Waals surface area contributed by atoms with Gasteiger partial charge in [0, 0.05) is 16.8 Å². The summed E-state index contributed by atoms with van der Waals surface area (Å²) < 4.78 is 13.1. The van der Waals surface area contributed by atoms with Gasteiger partial charge in [0.05, 0.1) is 7.05 Å². The highest BCUT2D eigenvalue weighted by molar-refractivity contribution is 5.97. The maximum absolute atomic E-state index is 13.1. The summed E-state index contributed by atoms with van der Waals surface area (Å²) in [5.74, 6) is -0.294. The van der Waals surface area contributed by atoms with Gasteiger partial charge in [-0.2, -0.15) is 0 Å². The highest BCUT2D eigenvalue weighted by Gasteiger charge is 2.23. The van der Waals surface area contributed by atoms with Crippen LogP contribution in [-0.2, 0) is 11.3 Å². The first-order valence-electron chi connectivity index (χ1n) is 9.06. The van der Waals surface area contributed by atoms with Crippen molar-refractivity contribution < 1.29 is 14.1 Å². The van der Waals surface area contributed by atoms with Crippen LogP contribution in [0.1, 0.15) is 12.5 Å². The molecule has 3 aromatic carbocycles. The Balaban J connectivity index is 1.70. The van der Waals surface area contributed by atoms with Gasteiger partial charge in [-0.1, -0.05) is 60.7 Å². The van der Waals surface area contributed by atoms with Crippen molar-refractivity contribution in [2.75, 3.05) is 12.4 Å². The van der Waals surface area contributed by atoms with Crippen molar-refractivity contribution in [3.05, 3.63) is 90.2 Å². The second-order valence-corrected chi connectivity index (χ2v) is 6.77. The van der Waals surface area contributed by atoms with Crippen LogP contribution >= 0.6 is 0 Å². The number of para-hydroxylation sites is 1. The van der Waals surface area contributed by atoms with Crippen LogP contribution < -0.4 is 10.2 Å². The number of benzene rings is 3. The van der Waals surface area contributed by atoms with Crippen molar-refractivity contribution in [1.29, 1.82) is 0 Å². The summed E-state index contributed by atoms with van der Waals surface area (Å²) in [6.45, 7) is 2.55.